The summed E-state index contributed by atoms with van der Waals surface area (Å²) in [5.74, 6) is -1.47. The second-order valence-corrected chi connectivity index (χ2v) is 7.79. The first-order valence-electron chi connectivity index (χ1n) is 9.13. The van der Waals surface area contributed by atoms with Crippen LogP contribution in [-0.2, 0) is 9.53 Å². The zero-order chi connectivity index (χ0) is 20.3. The molecule has 2 N–H and O–H groups in total. The van der Waals surface area contributed by atoms with Gasteiger partial charge in [-0.25, -0.2) is 0 Å². The van der Waals surface area contributed by atoms with Crippen molar-refractivity contribution < 1.29 is 24.5 Å². The summed E-state index contributed by atoms with van der Waals surface area (Å²) in [6.45, 7) is 4.64. The van der Waals surface area contributed by atoms with Crippen LogP contribution in [0.15, 0.2) is 53.1 Å². The topological polar surface area (TPSA) is 87.1 Å². The van der Waals surface area contributed by atoms with Gasteiger partial charge in [-0.15, -0.1) is 11.3 Å². The van der Waals surface area contributed by atoms with E-state index in [1.807, 2.05) is 13.8 Å². The number of rotatable bonds is 8. The molecule has 0 saturated carbocycles. The smallest absolute Gasteiger partial charge is 0.290 e. The average Bonchev–Trinajstić information content (AvgIpc) is 3.27. The molecular weight excluding hydrogens is 378 g/mol. The van der Waals surface area contributed by atoms with E-state index in [9.17, 15) is 19.8 Å². The summed E-state index contributed by atoms with van der Waals surface area (Å²) in [6, 6.07) is 9.06. The van der Waals surface area contributed by atoms with Crippen molar-refractivity contribution in [2.45, 2.75) is 32.4 Å². The Kier molecular flexibility index (Phi) is 6.16. The fourth-order valence-corrected chi connectivity index (χ4v) is 3.93. The van der Waals surface area contributed by atoms with E-state index in [0.717, 1.165) is 0 Å². The normalized spacial score (nSPS) is 17.0. The number of aliphatic hydroxyl groups is 1. The summed E-state index contributed by atoms with van der Waals surface area (Å²) < 4.78 is 5.54. The van der Waals surface area contributed by atoms with Crippen LogP contribution < -0.4 is 0 Å². The molecule has 0 radical (unpaired) electrons. The second kappa shape index (κ2) is 8.58. The number of thiophene rings is 1. The van der Waals surface area contributed by atoms with Crippen molar-refractivity contribution in [1.82, 2.24) is 4.90 Å². The van der Waals surface area contributed by atoms with Crippen molar-refractivity contribution in [1.29, 1.82) is 0 Å². The Morgan fingerprint density at radius 2 is 2.04 bits per heavy atom. The molecule has 0 spiro atoms. The summed E-state index contributed by atoms with van der Waals surface area (Å²) in [6.07, 6.45) is 0.645. The maximum atomic E-state index is 13.0. The molecule has 1 aromatic carbocycles. The highest BCUT2D eigenvalue weighted by Crippen LogP contribution is 2.40. The second-order valence-electron chi connectivity index (χ2n) is 6.84. The van der Waals surface area contributed by atoms with E-state index in [1.165, 1.54) is 28.4 Å². The van der Waals surface area contributed by atoms with Crippen LogP contribution in [0.2, 0.25) is 0 Å². The molecule has 7 heteroatoms. The quantitative estimate of drug-likeness (QED) is 0.518. The number of aliphatic hydroxyl groups excluding tert-OH is 1. The highest BCUT2D eigenvalue weighted by Gasteiger charge is 2.43. The third-order valence-electron chi connectivity index (χ3n) is 4.47. The number of nitrogens with zero attached hydrogens (tertiary/aromatic N) is 1. The molecule has 0 saturated heterocycles. The SMILES string of the molecule is CC(C)OCCCN1C(=O)C(O)=C(C(=O)c2cccs2)C1c1cccc(O)c1. The molecule has 28 heavy (non-hydrogen) atoms. The Hall–Kier alpha value is -2.64. The predicted octanol–water partition coefficient (Wildman–Crippen LogP) is 3.85. The first-order chi connectivity index (χ1) is 13.4. The monoisotopic (exact) mass is 401 g/mol. The fraction of sp³-hybridized carbons (Fsp3) is 0.333. The summed E-state index contributed by atoms with van der Waals surface area (Å²) in [4.78, 5) is 27.7. The number of carbonyl (C=O) groups excluding carboxylic acids is 2. The van der Waals surface area contributed by atoms with Gasteiger partial charge in [-0.05, 0) is 49.4 Å². The van der Waals surface area contributed by atoms with Crippen molar-refractivity contribution >= 4 is 23.0 Å². The van der Waals surface area contributed by atoms with Crippen molar-refractivity contribution in [3.8, 4) is 5.75 Å². The molecule has 1 atom stereocenters. The van der Waals surface area contributed by atoms with Gasteiger partial charge < -0.3 is 19.8 Å². The first-order valence-corrected chi connectivity index (χ1v) is 10.0. The summed E-state index contributed by atoms with van der Waals surface area (Å²) in [7, 11) is 0. The van der Waals surface area contributed by atoms with Crippen LogP contribution in [0.4, 0.5) is 0 Å². The van der Waals surface area contributed by atoms with Gasteiger partial charge in [0.1, 0.15) is 5.75 Å². The van der Waals surface area contributed by atoms with E-state index in [-0.39, 0.29) is 23.2 Å². The highest BCUT2D eigenvalue weighted by atomic mass is 32.1. The molecule has 0 fully saturated rings. The van der Waals surface area contributed by atoms with Crippen LogP contribution >= 0.6 is 11.3 Å². The number of hydrogen-bond acceptors (Lipinski definition) is 6. The number of aromatic hydroxyl groups is 1. The molecule has 1 unspecified atom stereocenters. The van der Waals surface area contributed by atoms with Crippen LogP contribution in [0.25, 0.3) is 0 Å². The maximum absolute atomic E-state index is 13.0. The molecule has 1 amide bonds. The third-order valence-corrected chi connectivity index (χ3v) is 5.34. The van der Waals surface area contributed by atoms with Gasteiger partial charge in [0, 0.05) is 13.2 Å². The minimum atomic E-state index is -0.756. The lowest BCUT2D eigenvalue weighted by Crippen LogP contribution is -2.32. The van der Waals surface area contributed by atoms with Gasteiger partial charge in [0.05, 0.1) is 22.6 Å². The number of hydrogen-bond donors (Lipinski definition) is 2. The lowest BCUT2D eigenvalue weighted by molar-refractivity contribution is -0.129. The molecule has 2 aromatic rings. The third kappa shape index (κ3) is 4.10. The molecule has 1 aliphatic heterocycles. The Labute approximate surface area is 167 Å². The standard InChI is InChI=1S/C21H23NO5S/c1-13(2)27-10-5-9-22-18(14-6-3-7-15(23)12-14)17(20(25)21(22)26)19(24)16-8-4-11-28-16/h3-4,6-8,11-13,18,23,25H,5,9-10H2,1-2H3. The van der Waals surface area contributed by atoms with Crippen molar-refractivity contribution in [2.75, 3.05) is 13.2 Å². The van der Waals surface area contributed by atoms with E-state index in [1.54, 1.807) is 29.6 Å². The molecular formula is C21H23NO5S. The zero-order valence-electron chi connectivity index (χ0n) is 15.8. The lowest BCUT2D eigenvalue weighted by Gasteiger charge is -2.27. The summed E-state index contributed by atoms with van der Waals surface area (Å²) in [5, 5.41) is 22.2. The molecule has 0 aliphatic carbocycles. The van der Waals surface area contributed by atoms with Crippen molar-refractivity contribution in [2.24, 2.45) is 0 Å². The average molecular weight is 401 g/mol. The van der Waals surface area contributed by atoms with Gasteiger partial charge in [-0.1, -0.05) is 18.2 Å². The van der Waals surface area contributed by atoms with E-state index >= 15 is 0 Å². The number of amides is 1. The number of phenols is 1. The van der Waals surface area contributed by atoms with Crippen LogP contribution in [0.3, 0.4) is 0 Å². The predicted molar refractivity (Wildman–Crippen MR) is 107 cm³/mol. The Balaban J connectivity index is 1.94. The van der Waals surface area contributed by atoms with Crippen molar-refractivity contribution in [3.63, 3.8) is 0 Å². The number of Topliss-reactive ketones (excluding diaryl/α,β-unsaturated/α-hetero) is 1. The minimum Gasteiger partial charge on any atom is -0.508 e. The zero-order valence-corrected chi connectivity index (χ0v) is 16.6. The van der Waals surface area contributed by atoms with Gasteiger partial charge in [-0.2, -0.15) is 0 Å². The molecule has 2 heterocycles. The van der Waals surface area contributed by atoms with Gasteiger partial charge in [0.25, 0.3) is 5.91 Å². The van der Waals surface area contributed by atoms with E-state index < -0.39 is 17.7 Å². The molecule has 1 aromatic heterocycles. The summed E-state index contributed by atoms with van der Waals surface area (Å²) >= 11 is 1.25. The fourth-order valence-electron chi connectivity index (χ4n) is 3.25. The van der Waals surface area contributed by atoms with E-state index in [2.05, 4.69) is 0 Å². The first kappa shape index (κ1) is 20.1. The van der Waals surface area contributed by atoms with E-state index in [4.69, 9.17) is 4.74 Å². The van der Waals surface area contributed by atoms with Gasteiger partial charge in [-0.3, -0.25) is 9.59 Å². The molecule has 1 aliphatic rings. The minimum absolute atomic E-state index is 0.0300. The summed E-state index contributed by atoms with van der Waals surface area (Å²) in [5.41, 5.74) is 0.616. The Bertz CT molecular complexity index is 888. The van der Waals surface area contributed by atoms with Crippen LogP contribution in [0, 0.1) is 0 Å². The largest absolute Gasteiger partial charge is 0.508 e. The highest BCUT2D eigenvalue weighted by molar-refractivity contribution is 7.12. The molecule has 0 bridgehead atoms. The Morgan fingerprint density at radius 1 is 1.25 bits per heavy atom. The maximum Gasteiger partial charge on any atom is 0.290 e. The van der Waals surface area contributed by atoms with Gasteiger partial charge in [0.15, 0.2) is 5.76 Å². The van der Waals surface area contributed by atoms with Gasteiger partial charge >= 0.3 is 0 Å². The number of ketones is 1. The van der Waals surface area contributed by atoms with Crippen LogP contribution in [0.1, 0.15) is 41.5 Å². The number of ether oxygens (including phenoxy) is 1. The molecule has 3 rings (SSSR count). The van der Waals surface area contributed by atoms with E-state index in [0.29, 0.717) is 30.0 Å². The number of carbonyl (C=O) groups is 2. The number of phenolic OH excluding ortho intramolecular Hbond substituents is 1. The molecule has 148 valence electrons. The van der Waals surface area contributed by atoms with Crippen LogP contribution in [0.5, 0.6) is 5.75 Å². The number of benzene rings is 1. The lowest BCUT2D eigenvalue weighted by atomic mass is 9.95. The Morgan fingerprint density at radius 3 is 2.68 bits per heavy atom. The van der Waals surface area contributed by atoms with Crippen LogP contribution in [-0.4, -0.2) is 46.1 Å². The van der Waals surface area contributed by atoms with Gasteiger partial charge in [0.2, 0.25) is 5.78 Å². The molecule has 6 nitrogen and oxygen atoms in total. The van der Waals surface area contributed by atoms with Crippen molar-refractivity contribution in [3.05, 3.63) is 63.6 Å².